The highest BCUT2D eigenvalue weighted by molar-refractivity contribution is 7.93. The minimum absolute atomic E-state index is 0.272. The second kappa shape index (κ2) is 6.53. The van der Waals surface area contributed by atoms with Gasteiger partial charge in [-0.1, -0.05) is 36.4 Å². The zero-order valence-corrected chi connectivity index (χ0v) is 15.2. The molecule has 0 radical (unpaired) electrons. The fourth-order valence-corrected chi connectivity index (χ4v) is 4.92. The SMILES string of the molecule is CCOc1ccc(S(=O)(=O)N2CCOc3ccccc32)c2ccccc12. The molecule has 0 spiro atoms. The van der Waals surface area contributed by atoms with Crippen LogP contribution in [0, 0.1) is 0 Å². The largest absolute Gasteiger partial charge is 0.493 e. The van der Waals surface area contributed by atoms with Gasteiger partial charge in [0, 0.05) is 10.8 Å². The highest BCUT2D eigenvalue weighted by atomic mass is 32.2. The van der Waals surface area contributed by atoms with Gasteiger partial charge in [-0.2, -0.15) is 0 Å². The number of para-hydroxylation sites is 2. The lowest BCUT2D eigenvalue weighted by molar-refractivity contribution is 0.316. The van der Waals surface area contributed by atoms with Gasteiger partial charge in [-0.25, -0.2) is 8.42 Å². The zero-order valence-electron chi connectivity index (χ0n) is 14.4. The van der Waals surface area contributed by atoms with Gasteiger partial charge in [-0.15, -0.1) is 0 Å². The molecule has 0 amide bonds. The monoisotopic (exact) mass is 369 g/mol. The van der Waals surface area contributed by atoms with Crippen LogP contribution in [0.5, 0.6) is 11.5 Å². The normalized spacial score (nSPS) is 14.0. The number of sulfonamides is 1. The molecule has 0 N–H and O–H groups in total. The molecule has 0 fully saturated rings. The number of benzene rings is 3. The maximum Gasteiger partial charge on any atom is 0.265 e. The Kier molecular flexibility index (Phi) is 4.20. The fraction of sp³-hybridized carbons (Fsp3) is 0.200. The van der Waals surface area contributed by atoms with E-state index in [9.17, 15) is 8.42 Å². The van der Waals surface area contributed by atoms with Crippen LogP contribution in [0.3, 0.4) is 0 Å². The predicted octanol–water partition coefficient (Wildman–Crippen LogP) is 3.83. The van der Waals surface area contributed by atoms with E-state index in [0.29, 0.717) is 35.8 Å². The minimum atomic E-state index is -3.74. The lowest BCUT2D eigenvalue weighted by Gasteiger charge is -2.30. The van der Waals surface area contributed by atoms with E-state index in [2.05, 4.69) is 0 Å². The van der Waals surface area contributed by atoms with E-state index in [1.54, 1.807) is 24.3 Å². The molecule has 1 heterocycles. The molecule has 134 valence electrons. The second-order valence-electron chi connectivity index (χ2n) is 5.93. The lowest BCUT2D eigenvalue weighted by Crippen LogP contribution is -2.38. The maximum atomic E-state index is 13.5. The van der Waals surface area contributed by atoms with Crippen molar-refractivity contribution in [1.29, 1.82) is 0 Å². The van der Waals surface area contributed by atoms with Crippen LogP contribution in [0.25, 0.3) is 10.8 Å². The summed E-state index contributed by atoms with van der Waals surface area (Å²) in [6, 6.07) is 18.0. The predicted molar refractivity (Wildman–Crippen MR) is 102 cm³/mol. The van der Waals surface area contributed by atoms with Crippen molar-refractivity contribution in [3.63, 3.8) is 0 Å². The first-order chi connectivity index (χ1) is 12.6. The van der Waals surface area contributed by atoms with Crippen LogP contribution in [-0.4, -0.2) is 28.2 Å². The number of ether oxygens (including phenoxy) is 2. The van der Waals surface area contributed by atoms with Crippen molar-refractivity contribution in [1.82, 2.24) is 0 Å². The Morgan fingerprint density at radius 2 is 1.73 bits per heavy atom. The van der Waals surface area contributed by atoms with E-state index < -0.39 is 10.0 Å². The molecule has 0 atom stereocenters. The molecule has 0 saturated heterocycles. The summed E-state index contributed by atoms with van der Waals surface area (Å²) in [5.41, 5.74) is 0.566. The summed E-state index contributed by atoms with van der Waals surface area (Å²) in [6.45, 7) is 3.03. The molecule has 3 aromatic carbocycles. The first-order valence-electron chi connectivity index (χ1n) is 8.52. The van der Waals surface area contributed by atoms with Gasteiger partial charge >= 0.3 is 0 Å². The van der Waals surface area contributed by atoms with Crippen LogP contribution < -0.4 is 13.8 Å². The molecular weight excluding hydrogens is 350 g/mol. The van der Waals surface area contributed by atoms with Crippen LogP contribution in [0.15, 0.2) is 65.6 Å². The molecule has 0 aromatic heterocycles. The number of hydrogen-bond acceptors (Lipinski definition) is 4. The zero-order chi connectivity index (χ0) is 18.1. The number of anilines is 1. The summed E-state index contributed by atoms with van der Waals surface area (Å²) in [7, 11) is -3.74. The van der Waals surface area contributed by atoms with E-state index >= 15 is 0 Å². The van der Waals surface area contributed by atoms with Crippen molar-refractivity contribution in [3.05, 3.63) is 60.7 Å². The smallest absolute Gasteiger partial charge is 0.265 e. The molecule has 1 aliphatic rings. The molecular formula is C20H19NO4S. The average Bonchev–Trinajstić information content (AvgIpc) is 2.68. The molecule has 0 unspecified atom stereocenters. The van der Waals surface area contributed by atoms with Gasteiger partial charge in [0.1, 0.15) is 18.1 Å². The van der Waals surface area contributed by atoms with E-state index in [1.807, 2.05) is 43.3 Å². The Bertz CT molecular complexity index is 1060. The van der Waals surface area contributed by atoms with E-state index in [4.69, 9.17) is 9.47 Å². The summed E-state index contributed by atoms with van der Waals surface area (Å²) in [5.74, 6) is 1.27. The molecule has 0 aliphatic carbocycles. The summed E-state index contributed by atoms with van der Waals surface area (Å²) in [5, 5.41) is 1.44. The highest BCUT2D eigenvalue weighted by Gasteiger charge is 2.31. The van der Waals surface area contributed by atoms with Crippen molar-refractivity contribution >= 4 is 26.5 Å². The molecule has 4 rings (SSSR count). The Hall–Kier alpha value is -2.73. The molecule has 5 nitrogen and oxygen atoms in total. The number of hydrogen-bond donors (Lipinski definition) is 0. The van der Waals surface area contributed by atoms with Crippen LogP contribution in [0.1, 0.15) is 6.92 Å². The van der Waals surface area contributed by atoms with Gasteiger partial charge in [0.25, 0.3) is 10.0 Å². The topological polar surface area (TPSA) is 55.8 Å². The quantitative estimate of drug-likeness (QED) is 0.701. The Balaban J connectivity index is 1.89. The number of nitrogens with zero attached hydrogens (tertiary/aromatic N) is 1. The van der Waals surface area contributed by atoms with Gasteiger partial charge in [-0.05, 0) is 31.2 Å². The maximum absolute atomic E-state index is 13.5. The third kappa shape index (κ3) is 2.66. The van der Waals surface area contributed by atoms with E-state index in [1.165, 1.54) is 4.31 Å². The van der Waals surface area contributed by atoms with Gasteiger partial charge < -0.3 is 9.47 Å². The van der Waals surface area contributed by atoms with Crippen LogP contribution in [-0.2, 0) is 10.0 Å². The van der Waals surface area contributed by atoms with Crippen molar-refractivity contribution in [2.24, 2.45) is 0 Å². The summed E-state index contributed by atoms with van der Waals surface area (Å²) in [6.07, 6.45) is 0. The molecule has 1 aliphatic heterocycles. The standard InChI is InChI=1S/C20H19NO4S/c1-2-24-18-11-12-20(16-8-4-3-7-15(16)18)26(22,23)21-13-14-25-19-10-6-5-9-17(19)21/h3-12H,2,13-14H2,1H3. The van der Waals surface area contributed by atoms with Gasteiger partial charge in [0.15, 0.2) is 0 Å². The highest BCUT2D eigenvalue weighted by Crippen LogP contribution is 2.38. The first-order valence-corrected chi connectivity index (χ1v) is 9.96. The van der Waals surface area contributed by atoms with Crippen molar-refractivity contribution in [2.45, 2.75) is 11.8 Å². The third-order valence-corrected chi connectivity index (χ3v) is 6.27. The van der Waals surface area contributed by atoms with E-state index in [0.717, 1.165) is 5.39 Å². The van der Waals surface area contributed by atoms with Crippen molar-refractivity contribution in [2.75, 3.05) is 24.1 Å². The molecule has 3 aromatic rings. The average molecular weight is 369 g/mol. The molecule has 26 heavy (non-hydrogen) atoms. The first kappa shape index (κ1) is 16.7. The summed E-state index contributed by atoms with van der Waals surface area (Å²) < 4.78 is 39.6. The van der Waals surface area contributed by atoms with Gasteiger partial charge in [0.2, 0.25) is 0 Å². The van der Waals surface area contributed by atoms with Crippen LogP contribution >= 0.6 is 0 Å². The fourth-order valence-electron chi connectivity index (χ4n) is 3.26. The number of fused-ring (bicyclic) bond motifs is 2. The third-order valence-electron chi connectivity index (χ3n) is 4.40. The lowest BCUT2D eigenvalue weighted by atomic mass is 10.1. The second-order valence-corrected chi connectivity index (χ2v) is 7.76. The van der Waals surface area contributed by atoms with Gasteiger partial charge in [-0.3, -0.25) is 4.31 Å². The summed E-state index contributed by atoms with van der Waals surface area (Å²) in [4.78, 5) is 0.272. The molecule has 0 saturated carbocycles. The van der Waals surface area contributed by atoms with Crippen LogP contribution in [0.2, 0.25) is 0 Å². The Morgan fingerprint density at radius 3 is 2.54 bits per heavy atom. The number of rotatable bonds is 4. The summed E-state index contributed by atoms with van der Waals surface area (Å²) >= 11 is 0. The van der Waals surface area contributed by atoms with Crippen molar-refractivity contribution in [3.8, 4) is 11.5 Å². The molecule has 0 bridgehead atoms. The molecule has 6 heteroatoms. The Labute approximate surface area is 152 Å². The minimum Gasteiger partial charge on any atom is -0.493 e. The van der Waals surface area contributed by atoms with Gasteiger partial charge in [0.05, 0.1) is 23.7 Å². The van der Waals surface area contributed by atoms with E-state index in [-0.39, 0.29) is 11.4 Å². The Morgan fingerprint density at radius 1 is 1.00 bits per heavy atom. The van der Waals surface area contributed by atoms with Crippen molar-refractivity contribution < 1.29 is 17.9 Å². The van der Waals surface area contributed by atoms with Crippen LogP contribution in [0.4, 0.5) is 5.69 Å².